The van der Waals surface area contributed by atoms with E-state index in [-0.39, 0.29) is 5.56 Å². The van der Waals surface area contributed by atoms with E-state index in [1.807, 2.05) is 24.6 Å². The first-order chi connectivity index (χ1) is 9.88. The number of nitrogens with one attached hydrogen (secondary N) is 1. The number of fused-ring (bicyclic) bond motifs is 1. The summed E-state index contributed by atoms with van der Waals surface area (Å²) in [5.74, 6) is 0.486. The summed E-state index contributed by atoms with van der Waals surface area (Å²) in [7, 11) is 2.17. The molecule has 3 atom stereocenters. The van der Waals surface area contributed by atoms with Gasteiger partial charge in [0.2, 0.25) is 0 Å². The van der Waals surface area contributed by atoms with Crippen LogP contribution in [0.25, 0.3) is 11.0 Å². The molecule has 0 saturated carbocycles. The van der Waals surface area contributed by atoms with Crippen molar-refractivity contribution in [3.63, 3.8) is 0 Å². The molecule has 0 bridgehead atoms. The highest BCUT2D eigenvalue weighted by molar-refractivity contribution is 5.78. The lowest BCUT2D eigenvalue weighted by Gasteiger charge is -2.40. The summed E-state index contributed by atoms with van der Waals surface area (Å²) in [5, 5.41) is 3.77. The first-order valence-corrected chi connectivity index (χ1v) is 7.67. The van der Waals surface area contributed by atoms with Gasteiger partial charge in [0.25, 0.3) is 5.56 Å². The number of likely N-dealkylation sites (tertiary alicyclic amines) is 1. The third kappa shape index (κ3) is 2.29. The van der Waals surface area contributed by atoms with E-state index < -0.39 is 0 Å². The zero-order chi connectivity index (χ0) is 15.3. The van der Waals surface area contributed by atoms with Gasteiger partial charge >= 0.3 is 0 Å². The Labute approximate surface area is 125 Å². The van der Waals surface area contributed by atoms with Gasteiger partial charge in [-0.25, -0.2) is 4.98 Å². The molecular weight excluding hydrogens is 264 g/mol. The molecule has 0 aromatic carbocycles. The molecule has 3 rings (SSSR count). The Bertz CT molecular complexity index is 730. The fraction of sp³-hybridized carbons (Fsp3) is 0.625. The van der Waals surface area contributed by atoms with E-state index in [2.05, 4.69) is 35.9 Å². The molecule has 5 heteroatoms. The Hall–Kier alpha value is -1.62. The Balaban J connectivity index is 2.15. The predicted octanol–water partition coefficient (Wildman–Crippen LogP) is 2.24. The number of pyridine rings is 1. The van der Waals surface area contributed by atoms with E-state index in [1.165, 1.54) is 0 Å². The average molecular weight is 288 g/mol. The second-order valence-corrected chi connectivity index (χ2v) is 6.66. The van der Waals surface area contributed by atoms with Crippen LogP contribution in [-0.2, 0) is 0 Å². The maximum atomic E-state index is 12.3. The molecule has 0 aliphatic carbocycles. The zero-order valence-electron chi connectivity index (χ0n) is 13.5. The highest BCUT2D eigenvalue weighted by atomic mass is 16.1. The van der Waals surface area contributed by atoms with E-state index >= 15 is 0 Å². The van der Waals surface area contributed by atoms with Crippen molar-refractivity contribution in [2.24, 2.45) is 5.92 Å². The van der Waals surface area contributed by atoms with Crippen LogP contribution in [0.2, 0.25) is 0 Å². The van der Waals surface area contributed by atoms with Gasteiger partial charge in [0.1, 0.15) is 0 Å². The van der Waals surface area contributed by atoms with Gasteiger partial charge in [-0.1, -0.05) is 6.92 Å². The van der Waals surface area contributed by atoms with Gasteiger partial charge in [-0.3, -0.25) is 14.6 Å². The first-order valence-electron chi connectivity index (χ1n) is 7.67. The largest absolute Gasteiger partial charge is 0.303 e. The van der Waals surface area contributed by atoms with Crippen molar-refractivity contribution in [3.05, 3.63) is 27.7 Å². The van der Waals surface area contributed by atoms with E-state index in [0.29, 0.717) is 18.0 Å². The molecule has 114 valence electrons. The lowest BCUT2D eigenvalue weighted by molar-refractivity contribution is 0.103. The fourth-order valence-corrected chi connectivity index (χ4v) is 3.61. The fourth-order valence-electron chi connectivity index (χ4n) is 3.61. The summed E-state index contributed by atoms with van der Waals surface area (Å²) in [6, 6.07) is 2.79. The van der Waals surface area contributed by atoms with Crippen molar-refractivity contribution in [3.8, 4) is 0 Å². The first kappa shape index (κ1) is 14.3. The minimum absolute atomic E-state index is 0.0196. The van der Waals surface area contributed by atoms with Crippen LogP contribution >= 0.6 is 0 Å². The summed E-state index contributed by atoms with van der Waals surface area (Å²) in [6.07, 6.45) is 1.03. The highest BCUT2D eigenvalue weighted by Crippen LogP contribution is 2.32. The van der Waals surface area contributed by atoms with Crippen molar-refractivity contribution >= 4 is 11.0 Å². The van der Waals surface area contributed by atoms with E-state index in [4.69, 9.17) is 0 Å². The molecule has 2 aromatic rings. The smallest absolute Gasteiger partial charge is 0.273 e. The summed E-state index contributed by atoms with van der Waals surface area (Å²) in [6.45, 7) is 9.50. The van der Waals surface area contributed by atoms with Crippen molar-refractivity contribution < 1.29 is 0 Å². The number of rotatable bonds is 1. The minimum atomic E-state index is -0.0196. The van der Waals surface area contributed by atoms with Crippen molar-refractivity contribution in [2.75, 3.05) is 13.6 Å². The van der Waals surface area contributed by atoms with E-state index in [0.717, 1.165) is 35.3 Å². The van der Waals surface area contributed by atoms with Crippen LogP contribution < -0.4 is 5.56 Å². The van der Waals surface area contributed by atoms with Crippen LogP contribution in [0.1, 0.15) is 37.6 Å². The van der Waals surface area contributed by atoms with Crippen LogP contribution in [0, 0.1) is 19.8 Å². The van der Waals surface area contributed by atoms with Gasteiger partial charge in [0, 0.05) is 18.3 Å². The van der Waals surface area contributed by atoms with Gasteiger partial charge < -0.3 is 4.90 Å². The number of nitrogens with zero attached hydrogens (tertiary/aromatic N) is 3. The molecule has 21 heavy (non-hydrogen) atoms. The highest BCUT2D eigenvalue weighted by Gasteiger charge is 2.32. The molecule has 2 aromatic heterocycles. The lowest BCUT2D eigenvalue weighted by Crippen LogP contribution is -2.43. The average Bonchev–Trinajstić information content (AvgIpc) is 2.71. The maximum Gasteiger partial charge on any atom is 0.273 e. The number of aromatic nitrogens is 3. The molecule has 0 unspecified atom stereocenters. The Morgan fingerprint density at radius 2 is 2.05 bits per heavy atom. The Morgan fingerprint density at radius 3 is 2.76 bits per heavy atom. The number of aryl methyl sites for hydroxylation is 2. The number of H-pyrrole nitrogens is 1. The van der Waals surface area contributed by atoms with E-state index in [1.54, 1.807) is 0 Å². The number of piperidine rings is 1. The molecule has 3 heterocycles. The van der Waals surface area contributed by atoms with E-state index in [9.17, 15) is 4.79 Å². The van der Waals surface area contributed by atoms with Crippen molar-refractivity contribution in [1.29, 1.82) is 0 Å². The lowest BCUT2D eigenvalue weighted by atomic mass is 9.90. The molecule has 1 aliphatic heterocycles. The topological polar surface area (TPSA) is 53.9 Å². The molecule has 0 amide bonds. The van der Waals surface area contributed by atoms with Crippen LogP contribution in [0.3, 0.4) is 0 Å². The van der Waals surface area contributed by atoms with Crippen LogP contribution in [-0.4, -0.2) is 39.3 Å². The summed E-state index contributed by atoms with van der Waals surface area (Å²) >= 11 is 0. The monoisotopic (exact) mass is 288 g/mol. The summed E-state index contributed by atoms with van der Waals surface area (Å²) in [4.78, 5) is 19.3. The third-order valence-electron chi connectivity index (χ3n) is 4.90. The quantitative estimate of drug-likeness (QED) is 0.875. The molecule has 1 fully saturated rings. The molecule has 1 saturated heterocycles. The number of hydrogen-bond acceptors (Lipinski definition) is 3. The predicted molar refractivity (Wildman–Crippen MR) is 84.7 cm³/mol. The molecule has 1 aliphatic rings. The summed E-state index contributed by atoms with van der Waals surface area (Å²) in [5.41, 5.74) is 2.76. The second kappa shape index (κ2) is 4.98. The molecule has 5 nitrogen and oxygen atoms in total. The second-order valence-electron chi connectivity index (χ2n) is 6.66. The maximum absolute atomic E-state index is 12.3. The number of hydrogen-bond donors (Lipinski definition) is 1. The minimum Gasteiger partial charge on any atom is -0.303 e. The Kier molecular flexibility index (Phi) is 3.40. The van der Waals surface area contributed by atoms with Crippen molar-refractivity contribution in [1.82, 2.24) is 19.7 Å². The van der Waals surface area contributed by atoms with Gasteiger partial charge in [-0.15, -0.1) is 0 Å². The Morgan fingerprint density at radius 1 is 1.33 bits per heavy atom. The third-order valence-corrected chi connectivity index (χ3v) is 4.90. The zero-order valence-corrected chi connectivity index (χ0v) is 13.5. The normalized spacial score (nSPS) is 27.4. The van der Waals surface area contributed by atoms with Crippen LogP contribution in [0.5, 0.6) is 0 Å². The molecule has 1 N–H and O–H groups in total. The molecule has 0 spiro atoms. The van der Waals surface area contributed by atoms with Crippen molar-refractivity contribution in [2.45, 2.75) is 46.2 Å². The van der Waals surface area contributed by atoms with Crippen LogP contribution in [0.15, 0.2) is 10.9 Å². The van der Waals surface area contributed by atoms with Gasteiger partial charge in [-0.05, 0) is 51.8 Å². The van der Waals surface area contributed by atoms with Gasteiger partial charge in [0.05, 0.1) is 11.4 Å². The number of aromatic amines is 1. The van der Waals surface area contributed by atoms with Crippen LogP contribution in [0.4, 0.5) is 0 Å². The van der Waals surface area contributed by atoms with Gasteiger partial charge in [0.15, 0.2) is 5.65 Å². The molecule has 0 radical (unpaired) electrons. The SMILES string of the molecule is Cc1cc(C)c2c(=O)[nH]n([C@@H]3C[C@H](C)N(C)C[C@H]3C)c2n1. The standard InChI is InChI=1S/C16H24N4O/c1-9-6-11(3)17-15-14(9)16(21)18-20(15)13-7-12(4)19(5)8-10(13)2/h6,10,12-13H,7-8H2,1-5H3,(H,18,21)/t10-,12+,13-/m1/s1. The molecular formula is C16H24N4O. The van der Waals surface area contributed by atoms with Gasteiger partial charge in [-0.2, -0.15) is 0 Å². The summed E-state index contributed by atoms with van der Waals surface area (Å²) < 4.78 is 2.02.